The first kappa shape index (κ1) is 15.8. The summed E-state index contributed by atoms with van der Waals surface area (Å²) in [6.07, 6.45) is 4.29. The van der Waals surface area contributed by atoms with Crippen LogP contribution in [-0.4, -0.2) is 47.2 Å². The van der Waals surface area contributed by atoms with Gasteiger partial charge in [0.15, 0.2) is 5.69 Å². The van der Waals surface area contributed by atoms with Crippen molar-refractivity contribution in [3.05, 3.63) is 11.4 Å². The number of piperidine rings is 1. The van der Waals surface area contributed by atoms with Gasteiger partial charge in [-0.2, -0.15) is 5.10 Å². The highest BCUT2D eigenvalue weighted by atomic mass is 16.1. The minimum Gasteiger partial charge on any atom is -0.395 e. The summed E-state index contributed by atoms with van der Waals surface area (Å²) in [5, 5.41) is 9.80. The first-order chi connectivity index (χ1) is 10.1. The Morgan fingerprint density at radius 3 is 2.86 bits per heavy atom. The van der Waals surface area contributed by atoms with Crippen molar-refractivity contribution < 1.29 is 4.79 Å². The lowest BCUT2D eigenvalue weighted by atomic mass is 9.99. The van der Waals surface area contributed by atoms with Gasteiger partial charge in [-0.3, -0.25) is 9.89 Å². The number of aromatic nitrogens is 2. The lowest BCUT2D eigenvalue weighted by molar-refractivity contribution is 0.0940. The molecule has 1 aromatic rings. The molecule has 0 unspecified atom stereocenters. The zero-order chi connectivity index (χ0) is 15.2. The second kappa shape index (κ2) is 7.45. The van der Waals surface area contributed by atoms with Crippen LogP contribution in [0.4, 0.5) is 5.69 Å². The van der Waals surface area contributed by atoms with Gasteiger partial charge in [-0.05, 0) is 38.3 Å². The van der Waals surface area contributed by atoms with E-state index >= 15 is 0 Å². The van der Waals surface area contributed by atoms with Gasteiger partial charge in [-0.25, -0.2) is 0 Å². The number of aryl methyl sites for hydroxylation is 1. The molecule has 1 aliphatic heterocycles. The molecule has 6 nitrogen and oxygen atoms in total. The van der Waals surface area contributed by atoms with E-state index in [0.29, 0.717) is 17.9 Å². The van der Waals surface area contributed by atoms with E-state index in [2.05, 4.69) is 34.3 Å². The quantitative estimate of drug-likeness (QED) is 0.740. The molecule has 1 amide bonds. The number of nitrogens with two attached hydrogens (primary N) is 1. The second-order valence-electron chi connectivity index (χ2n) is 5.99. The lowest BCUT2D eigenvalue weighted by Gasteiger charge is -2.30. The summed E-state index contributed by atoms with van der Waals surface area (Å²) < 4.78 is 0. The number of hydrogen-bond acceptors (Lipinski definition) is 4. The molecule has 0 aliphatic carbocycles. The maximum Gasteiger partial charge on any atom is 0.273 e. The first-order valence-electron chi connectivity index (χ1n) is 7.95. The molecule has 0 saturated carbocycles. The maximum absolute atomic E-state index is 12.1. The summed E-state index contributed by atoms with van der Waals surface area (Å²) in [5.41, 5.74) is 7.62. The Balaban J connectivity index is 1.77. The van der Waals surface area contributed by atoms with Crippen molar-refractivity contribution in [2.45, 2.75) is 39.5 Å². The Labute approximate surface area is 126 Å². The van der Waals surface area contributed by atoms with Gasteiger partial charge in [-0.1, -0.05) is 20.3 Å². The SMILES string of the molecule is CCCc1[nH]nc(C(=O)NCCN2CCC(C)CC2)c1N. The molecule has 1 fully saturated rings. The largest absolute Gasteiger partial charge is 0.395 e. The maximum atomic E-state index is 12.1. The molecule has 4 N–H and O–H groups in total. The van der Waals surface area contributed by atoms with Crippen LogP contribution < -0.4 is 11.1 Å². The average molecular weight is 293 g/mol. The molecule has 2 rings (SSSR count). The molecule has 1 aromatic heterocycles. The minimum absolute atomic E-state index is 0.184. The third kappa shape index (κ3) is 4.20. The number of H-pyrrole nitrogens is 1. The molecule has 6 heteroatoms. The van der Waals surface area contributed by atoms with E-state index in [-0.39, 0.29) is 5.91 Å². The van der Waals surface area contributed by atoms with E-state index in [1.807, 2.05) is 0 Å². The Morgan fingerprint density at radius 2 is 2.19 bits per heavy atom. The monoisotopic (exact) mass is 293 g/mol. The standard InChI is InChI=1S/C15H27N5O/c1-3-4-12-13(16)14(19-18-12)15(21)17-7-10-20-8-5-11(2)6-9-20/h11H,3-10,16H2,1-2H3,(H,17,21)(H,18,19). The van der Waals surface area contributed by atoms with Gasteiger partial charge >= 0.3 is 0 Å². The number of rotatable bonds is 6. The molecule has 2 heterocycles. The van der Waals surface area contributed by atoms with Crippen molar-refractivity contribution in [2.75, 3.05) is 31.9 Å². The van der Waals surface area contributed by atoms with Crippen LogP contribution in [0.15, 0.2) is 0 Å². The highest BCUT2D eigenvalue weighted by Crippen LogP contribution is 2.16. The van der Waals surface area contributed by atoms with Gasteiger partial charge in [0, 0.05) is 13.1 Å². The molecule has 118 valence electrons. The van der Waals surface area contributed by atoms with Crippen LogP contribution in [0.3, 0.4) is 0 Å². The Hall–Kier alpha value is -1.56. The Kier molecular flexibility index (Phi) is 5.61. The fraction of sp³-hybridized carbons (Fsp3) is 0.733. The number of carbonyl (C=O) groups excluding carboxylic acids is 1. The third-order valence-corrected chi connectivity index (χ3v) is 4.19. The van der Waals surface area contributed by atoms with Crippen LogP contribution in [-0.2, 0) is 6.42 Å². The van der Waals surface area contributed by atoms with Crippen LogP contribution >= 0.6 is 0 Å². The average Bonchev–Trinajstić information content (AvgIpc) is 2.83. The highest BCUT2D eigenvalue weighted by molar-refractivity contribution is 5.97. The van der Waals surface area contributed by atoms with Crippen LogP contribution in [0.1, 0.15) is 49.3 Å². The number of nitrogens with one attached hydrogen (secondary N) is 2. The third-order valence-electron chi connectivity index (χ3n) is 4.19. The van der Waals surface area contributed by atoms with Crippen LogP contribution in [0.2, 0.25) is 0 Å². The smallest absolute Gasteiger partial charge is 0.273 e. The fourth-order valence-corrected chi connectivity index (χ4v) is 2.70. The van der Waals surface area contributed by atoms with Crippen LogP contribution in [0, 0.1) is 5.92 Å². The molecule has 0 radical (unpaired) electrons. The van der Waals surface area contributed by atoms with Gasteiger partial charge in [0.05, 0.1) is 11.4 Å². The molecular weight excluding hydrogens is 266 g/mol. The summed E-state index contributed by atoms with van der Waals surface area (Å²) in [6, 6.07) is 0. The van der Waals surface area contributed by atoms with Crippen molar-refractivity contribution in [2.24, 2.45) is 5.92 Å². The number of hydrogen-bond donors (Lipinski definition) is 3. The summed E-state index contributed by atoms with van der Waals surface area (Å²) in [4.78, 5) is 14.5. The first-order valence-corrected chi connectivity index (χ1v) is 7.95. The van der Waals surface area contributed by atoms with Gasteiger partial charge in [0.1, 0.15) is 0 Å². The van der Waals surface area contributed by atoms with E-state index in [4.69, 9.17) is 5.73 Å². The topological polar surface area (TPSA) is 87.0 Å². The number of nitrogens with zero attached hydrogens (tertiary/aromatic N) is 2. The summed E-state index contributed by atoms with van der Waals surface area (Å²) in [6.45, 7) is 8.16. The molecular formula is C15H27N5O. The zero-order valence-electron chi connectivity index (χ0n) is 13.1. The lowest BCUT2D eigenvalue weighted by Crippen LogP contribution is -2.39. The van der Waals surface area contributed by atoms with E-state index < -0.39 is 0 Å². The predicted molar refractivity (Wildman–Crippen MR) is 84.2 cm³/mol. The van der Waals surface area contributed by atoms with Crippen molar-refractivity contribution in [3.8, 4) is 0 Å². The van der Waals surface area contributed by atoms with Gasteiger partial charge < -0.3 is 16.0 Å². The molecule has 0 spiro atoms. The Morgan fingerprint density at radius 1 is 1.48 bits per heavy atom. The van der Waals surface area contributed by atoms with E-state index in [9.17, 15) is 4.79 Å². The number of likely N-dealkylation sites (tertiary alicyclic amines) is 1. The molecule has 0 aromatic carbocycles. The number of amides is 1. The fourth-order valence-electron chi connectivity index (χ4n) is 2.70. The van der Waals surface area contributed by atoms with Crippen molar-refractivity contribution in [1.82, 2.24) is 20.4 Å². The summed E-state index contributed by atoms with van der Waals surface area (Å²) >= 11 is 0. The molecule has 0 bridgehead atoms. The van der Waals surface area contributed by atoms with Crippen LogP contribution in [0.25, 0.3) is 0 Å². The van der Waals surface area contributed by atoms with E-state index in [1.54, 1.807) is 0 Å². The summed E-state index contributed by atoms with van der Waals surface area (Å²) in [5.74, 6) is 0.646. The van der Waals surface area contributed by atoms with Crippen molar-refractivity contribution >= 4 is 11.6 Å². The van der Waals surface area contributed by atoms with E-state index in [0.717, 1.165) is 44.1 Å². The van der Waals surface area contributed by atoms with Gasteiger partial charge in [-0.15, -0.1) is 0 Å². The van der Waals surface area contributed by atoms with Gasteiger partial charge in [0.2, 0.25) is 0 Å². The van der Waals surface area contributed by atoms with Crippen molar-refractivity contribution in [1.29, 1.82) is 0 Å². The van der Waals surface area contributed by atoms with E-state index in [1.165, 1.54) is 12.8 Å². The van der Waals surface area contributed by atoms with Crippen LogP contribution in [0.5, 0.6) is 0 Å². The summed E-state index contributed by atoms with van der Waals surface area (Å²) in [7, 11) is 0. The number of aromatic amines is 1. The number of nitrogen functional groups attached to an aromatic ring is 1. The second-order valence-corrected chi connectivity index (χ2v) is 5.99. The number of anilines is 1. The Bertz CT molecular complexity index is 463. The molecule has 21 heavy (non-hydrogen) atoms. The highest BCUT2D eigenvalue weighted by Gasteiger charge is 2.18. The van der Waals surface area contributed by atoms with Crippen molar-refractivity contribution in [3.63, 3.8) is 0 Å². The molecule has 0 atom stereocenters. The number of carbonyl (C=O) groups is 1. The van der Waals surface area contributed by atoms with Gasteiger partial charge in [0.25, 0.3) is 5.91 Å². The minimum atomic E-state index is -0.184. The molecule has 1 saturated heterocycles. The normalized spacial score (nSPS) is 17.0. The predicted octanol–water partition coefficient (Wildman–Crippen LogP) is 1.41. The zero-order valence-corrected chi connectivity index (χ0v) is 13.1. The molecule has 1 aliphatic rings.